The molecule has 2 saturated carbocycles. The fourth-order valence-corrected chi connectivity index (χ4v) is 2.88. The third-order valence-electron chi connectivity index (χ3n) is 3.88. The average molecular weight is 241 g/mol. The highest BCUT2D eigenvalue weighted by molar-refractivity contribution is 5.82. The molecule has 0 aromatic rings. The largest absolute Gasteiger partial charge is 0.480 e. The molecule has 5 nitrogen and oxygen atoms in total. The third-order valence-corrected chi connectivity index (χ3v) is 3.88. The van der Waals surface area contributed by atoms with E-state index in [9.17, 15) is 9.59 Å². The zero-order chi connectivity index (χ0) is 12.3. The number of ether oxygens (including phenoxy) is 1. The molecule has 2 aliphatic carbocycles. The maximum absolute atomic E-state index is 11.8. The lowest BCUT2D eigenvalue weighted by Gasteiger charge is -2.08. The van der Waals surface area contributed by atoms with Gasteiger partial charge in [-0.1, -0.05) is 12.8 Å². The van der Waals surface area contributed by atoms with Crippen LogP contribution in [0.15, 0.2) is 0 Å². The van der Waals surface area contributed by atoms with Crippen molar-refractivity contribution in [3.05, 3.63) is 0 Å². The first-order chi connectivity index (χ1) is 8.14. The molecule has 1 atom stereocenters. The minimum atomic E-state index is -0.983. The predicted octanol–water partition coefficient (Wildman–Crippen LogP) is 0.784. The number of carbonyl (C=O) groups is 2. The first-order valence-corrected chi connectivity index (χ1v) is 6.21. The summed E-state index contributed by atoms with van der Waals surface area (Å²) in [5, 5.41) is 11.2. The van der Waals surface area contributed by atoms with E-state index >= 15 is 0 Å². The van der Waals surface area contributed by atoms with E-state index in [4.69, 9.17) is 9.84 Å². The summed E-state index contributed by atoms with van der Waals surface area (Å²) in [6.07, 6.45) is 5.94. The maximum atomic E-state index is 11.8. The van der Waals surface area contributed by atoms with Gasteiger partial charge in [0.05, 0.1) is 6.61 Å². The van der Waals surface area contributed by atoms with Crippen molar-refractivity contribution >= 4 is 11.9 Å². The van der Waals surface area contributed by atoms with Gasteiger partial charge in [-0.15, -0.1) is 0 Å². The fourth-order valence-electron chi connectivity index (χ4n) is 2.88. The number of rotatable bonds is 6. The topological polar surface area (TPSA) is 75.6 Å². The molecule has 2 rings (SSSR count). The Balaban J connectivity index is 1.58. The summed E-state index contributed by atoms with van der Waals surface area (Å²) >= 11 is 0. The predicted molar refractivity (Wildman–Crippen MR) is 60.5 cm³/mol. The van der Waals surface area contributed by atoms with E-state index in [1.165, 1.54) is 25.7 Å². The highest BCUT2D eigenvalue weighted by Crippen LogP contribution is 2.62. The molecule has 1 unspecified atom stereocenters. The highest BCUT2D eigenvalue weighted by atomic mass is 16.5. The van der Waals surface area contributed by atoms with E-state index in [1.54, 1.807) is 0 Å². The normalized spacial score (nSPS) is 24.8. The average Bonchev–Trinajstić information content (AvgIpc) is 2.76. The van der Waals surface area contributed by atoms with Crippen LogP contribution in [-0.4, -0.2) is 36.7 Å². The molecule has 0 bridgehead atoms. The lowest BCUT2D eigenvalue weighted by atomic mass is 10.0. The Kier molecular flexibility index (Phi) is 3.66. The van der Waals surface area contributed by atoms with Crippen LogP contribution >= 0.6 is 0 Å². The molecule has 2 fully saturated rings. The molecule has 5 heteroatoms. The second-order valence-electron chi connectivity index (χ2n) is 5.06. The molecule has 2 N–H and O–H groups in total. The van der Waals surface area contributed by atoms with E-state index in [2.05, 4.69) is 5.32 Å². The Morgan fingerprint density at radius 2 is 2.06 bits per heavy atom. The molecular weight excluding hydrogens is 222 g/mol. The van der Waals surface area contributed by atoms with Crippen LogP contribution in [0.4, 0.5) is 0 Å². The van der Waals surface area contributed by atoms with Crippen molar-refractivity contribution in [2.45, 2.75) is 32.1 Å². The second kappa shape index (κ2) is 5.04. The minimum absolute atomic E-state index is 0.117. The van der Waals surface area contributed by atoms with E-state index in [-0.39, 0.29) is 25.0 Å². The quantitative estimate of drug-likeness (QED) is 0.674. The Morgan fingerprint density at radius 1 is 1.35 bits per heavy atom. The van der Waals surface area contributed by atoms with Crippen LogP contribution in [0.3, 0.4) is 0 Å². The SMILES string of the molecule is O=C(O)COCCNC(=O)C1CC12CCCC2. The van der Waals surface area contributed by atoms with E-state index < -0.39 is 5.97 Å². The monoisotopic (exact) mass is 241 g/mol. The third kappa shape index (κ3) is 2.97. The van der Waals surface area contributed by atoms with Gasteiger partial charge in [-0.25, -0.2) is 4.79 Å². The molecule has 0 aromatic heterocycles. The van der Waals surface area contributed by atoms with Crippen molar-refractivity contribution in [1.82, 2.24) is 5.32 Å². The Morgan fingerprint density at radius 3 is 2.71 bits per heavy atom. The number of carbonyl (C=O) groups excluding carboxylic acids is 1. The Bertz CT molecular complexity index is 310. The first kappa shape index (κ1) is 12.4. The molecule has 0 heterocycles. The Hall–Kier alpha value is -1.10. The maximum Gasteiger partial charge on any atom is 0.329 e. The lowest BCUT2D eigenvalue weighted by molar-refractivity contribution is -0.142. The number of carboxylic acids is 1. The number of hydrogen-bond donors (Lipinski definition) is 2. The van der Waals surface area contributed by atoms with E-state index in [1.807, 2.05) is 0 Å². The fraction of sp³-hybridized carbons (Fsp3) is 0.833. The molecule has 2 aliphatic rings. The summed E-state index contributed by atoms with van der Waals surface area (Å²) in [5.74, 6) is -0.668. The molecule has 1 spiro atoms. The van der Waals surface area contributed by atoms with Crippen molar-refractivity contribution in [2.75, 3.05) is 19.8 Å². The summed E-state index contributed by atoms with van der Waals surface area (Å²) in [6.45, 7) is 0.361. The van der Waals surface area contributed by atoms with Gasteiger partial charge in [0.15, 0.2) is 0 Å². The standard InChI is InChI=1S/C12H19NO4/c14-10(15)8-17-6-5-13-11(16)9-7-12(9)3-1-2-4-12/h9H,1-8H2,(H,13,16)(H,14,15). The molecule has 0 aromatic carbocycles. The number of nitrogens with one attached hydrogen (secondary N) is 1. The zero-order valence-corrected chi connectivity index (χ0v) is 9.91. The van der Waals surface area contributed by atoms with Crippen LogP contribution in [0, 0.1) is 11.3 Å². The van der Waals surface area contributed by atoms with E-state index in [0.29, 0.717) is 12.0 Å². The highest BCUT2D eigenvalue weighted by Gasteiger charge is 2.58. The van der Waals surface area contributed by atoms with E-state index in [0.717, 1.165) is 6.42 Å². The molecule has 0 aliphatic heterocycles. The summed E-state index contributed by atoms with van der Waals surface area (Å²) < 4.78 is 4.85. The van der Waals surface area contributed by atoms with Gasteiger partial charge in [-0.05, 0) is 24.7 Å². The number of carboxylic acid groups (broad SMARTS) is 1. The van der Waals surface area contributed by atoms with Crippen molar-refractivity contribution in [2.24, 2.45) is 11.3 Å². The van der Waals surface area contributed by atoms with Gasteiger partial charge < -0.3 is 15.2 Å². The molecule has 17 heavy (non-hydrogen) atoms. The molecule has 96 valence electrons. The van der Waals surface area contributed by atoms with Crippen LogP contribution in [0.5, 0.6) is 0 Å². The van der Waals surface area contributed by atoms with Crippen LogP contribution in [0.2, 0.25) is 0 Å². The van der Waals surface area contributed by atoms with Crippen LogP contribution in [0.25, 0.3) is 0 Å². The van der Waals surface area contributed by atoms with Gasteiger partial charge in [-0.2, -0.15) is 0 Å². The van der Waals surface area contributed by atoms with Gasteiger partial charge in [0.2, 0.25) is 5.91 Å². The van der Waals surface area contributed by atoms with Gasteiger partial charge >= 0.3 is 5.97 Å². The number of amides is 1. The number of aliphatic carboxylic acids is 1. The van der Waals surface area contributed by atoms with Gasteiger partial charge in [0.1, 0.15) is 6.61 Å². The van der Waals surface area contributed by atoms with Crippen LogP contribution in [-0.2, 0) is 14.3 Å². The van der Waals surface area contributed by atoms with Crippen molar-refractivity contribution in [1.29, 1.82) is 0 Å². The summed E-state index contributed by atoms with van der Waals surface area (Å²) in [5.41, 5.74) is 0.325. The van der Waals surface area contributed by atoms with Gasteiger partial charge in [0, 0.05) is 12.5 Å². The second-order valence-corrected chi connectivity index (χ2v) is 5.06. The number of hydrogen-bond acceptors (Lipinski definition) is 3. The molecular formula is C12H19NO4. The van der Waals surface area contributed by atoms with Crippen molar-refractivity contribution in [3.8, 4) is 0 Å². The first-order valence-electron chi connectivity index (χ1n) is 6.21. The lowest BCUT2D eigenvalue weighted by Crippen LogP contribution is -2.30. The minimum Gasteiger partial charge on any atom is -0.480 e. The van der Waals surface area contributed by atoms with Crippen LogP contribution in [0.1, 0.15) is 32.1 Å². The summed E-state index contributed by atoms with van der Waals surface area (Å²) in [4.78, 5) is 22.0. The Labute approximate surface area is 101 Å². The summed E-state index contributed by atoms with van der Waals surface area (Å²) in [6, 6.07) is 0. The van der Waals surface area contributed by atoms with Gasteiger partial charge in [0.25, 0.3) is 0 Å². The molecule has 0 saturated heterocycles. The van der Waals surface area contributed by atoms with Crippen LogP contribution < -0.4 is 5.32 Å². The van der Waals surface area contributed by atoms with Gasteiger partial charge in [-0.3, -0.25) is 4.79 Å². The molecule has 1 amide bonds. The van der Waals surface area contributed by atoms with Crippen molar-refractivity contribution < 1.29 is 19.4 Å². The smallest absolute Gasteiger partial charge is 0.329 e. The van der Waals surface area contributed by atoms with Crippen molar-refractivity contribution in [3.63, 3.8) is 0 Å². The zero-order valence-electron chi connectivity index (χ0n) is 9.91. The summed E-state index contributed by atoms with van der Waals surface area (Å²) in [7, 11) is 0. The molecule has 0 radical (unpaired) electrons.